The van der Waals surface area contributed by atoms with E-state index in [1.54, 1.807) is 0 Å². The first-order valence-electron chi connectivity index (χ1n) is 3.71. The molecule has 0 rings (SSSR count). The summed E-state index contributed by atoms with van der Waals surface area (Å²) >= 11 is 6.49. The van der Waals surface area contributed by atoms with Crippen LogP contribution in [-0.2, 0) is 0 Å². The Morgan fingerprint density at radius 2 is 1.00 bits per heavy atom. The second-order valence-electron chi connectivity index (χ2n) is 3.48. The summed E-state index contributed by atoms with van der Waals surface area (Å²) in [5, 5.41) is 0. The van der Waals surface area contributed by atoms with Crippen molar-refractivity contribution >= 4 is 17.8 Å². The molecule has 0 bridgehead atoms. The third-order valence-electron chi connectivity index (χ3n) is 2.22. The van der Waals surface area contributed by atoms with Crippen LogP contribution in [0.25, 0.3) is 0 Å². The quantitative estimate of drug-likeness (QED) is 0.711. The van der Waals surface area contributed by atoms with Gasteiger partial charge in [-0.25, -0.2) is 0 Å². The Hall–Kier alpha value is 0.560. The summed E-state index contributed by atoms with van der Waals surface area (Å²) in [5.41, 5.74) is 6.24. The average molecular weight is 215 g/mol. The molecule has 0 heterocycles. The van der Waals surface area contributed by atoms with Gasteiger partial charge in [0.15, 0.2) is 0 Å². The molecule has 12 heavy (non-hydrogen) atoms. The van der Waals surface area contributed by atoms with E-state index < -0.39 is 6.56 Å². The van der Waals surface area contributed by atoms with Crippen molar-refractivity contribution in [3.8, 4) is 0 Å². The van der Waals surface area contributed by atoms with E-state index >= 15 is 0 Å². The van der Waals surface area contributed by atoms with Crippen LogP contribution in [0.2, 0.25) is 0 Å². The van der Waals surface area contributed by atoms with Crippen molar-refractivity contribution in [3.05, 3.63) is 0 Å². The molecule has 0 radical (unpaired) electrons. The van der Waals surface area contributed by atoms with Crippen LogP contribution in [0.1, 0.15) is 0 Å². The number of hydrogen-bond donors (Lipinski definition) is 1. The first-order valence-corrected chi connectivity index (χ1v) is 6.78. The second kappa shape index (κ2) is 3.37. The Morgan fingerprint density at radius 3 is 1.00 bits per heavy atom. The minimum absolute atomic E-state index is 1.88. The predicted octanol–water partition coefficient (Wildman–Crippen LogP) is 0.997. The van der Waals surface area contributed by atoms with Gasteiger partial charge in [-0.15, -0.1) is 0 Å². The van der Waals surface area contributed by atoms with Crippen LogP contribution in [0.4, 0.5) is 0 Å². The molecule has 76 valence electrons. The Bertz CT molecular complexity index is 140. The Morgan fingerprint density at radius 1 is 0.833 bits per heavy atom. The van der Waals surface area contributed by atoms with Gasteiger partial charge in [-0.1, -0.05) is 0 Å². The molecule has 0 atom stereocenters. The maximum atomic E-state index is 6.49. The summed E-state index contributed by atoms with van der Waals surface area (Å²) in [4.78, 5) is 0. The number of hydrogen-bond acceptors (Lipinski definition) is 4. The zero-order chi connectivity index (χ0) is 10.2. The van der Waals surface area contributed by atoms with Gasteiger partial charge in [-0.3, -0.25) is 0 Å². The first-order chi connectivity index (χ1) is 5.13. The first kappa shape index (κ1) is 12.6. The minimum atomic E-state index is -2.98. The van der Waals surface area contributed by atoms with E-state index in [2.05, 4.69) is 0 Å². The molecule has 0 fully saturated rings. The van der Waals surface area contributed by atoms with Crippen molar-refractivity contribution in [1.82, 2.24) is 14.0 Å². The van der Waals surface area contributed by atoms with Gasteiger partial charge in [0, 0.05) is 0 Å². The molecule has 0 saturated heterocycles. The molecule has 0 aliphatic carbocycles. The summed E-state index contributed by atoms with van der Waals surface area (Å²) in [6.07, 6.45) is 0. The van der Waals surface area contributed by atoms with E-state index in [4.69, 9.17) is 16.7 Å². The fourth-order valence-corrected chi connectivity index (χ4v) is 3.22. The fourth-order valence-electron chi connectivity index (χ4n) is 1.07. The van der Waals surface area contributed by atoms with Gasteiger partial charge in [0.05, 0.1) is 0 Å². The van der Waals surface area contributed by atoms with Gasteiger partial charge in [-0.05, 0) is 0 Å². The normalized spacial score (nSPS) is 17.1. The molecule has 0 unspecified atom stereocenters. The maximum absolute atomic E-state index is 6.49. The number of nitrogens with two attached hydrogens (primary N) is 1. The second-order valence-corrected chi connectivity index (χ2v) is 9.71. The van der Waals surface area contributed by atoms with Crippen molar-refractivity contribution in [1.29, 1.82) is 0 Å². The summed E-state index contributed by atoms with van der Waals surface area (Å²) in [5.74, 6) is 0. The molecule has 0 spiro atoms. The van der Waals surface area contributed by atoms with Crippen molar-refractivity contribution in [3.63, 3.8) is 0 Å². The molecule has 2 N–H and O–H groups in total. The number of nitrogens with zero attached hydrogens (tertiary/aromatic N) is 3. The predicted molar refractivity (Wildman–Crippen MR) is 58.0 cm³/mol. The van der Waals surface area contributed by atoms with Gasteiger partial charge in [0.1, 0.15) is 0 Å². The Balaban J connectivity index is 5.09. The molecule has 0 saturated carbocycles. The molecule has 0 aromatic rings. The summed E-state index contributed by atoms with van der Waals surface area (Å²) in [6, 6.07) is 0. The van der Waals surface area contributed by atoms with Crippen molar-refractivity contribution < 1.29 is 0 Å². The molecule has 0 aromatic carbocycles. The molecule has 6 heteroatoms. The summed E-state index contributed by atoms with van der Waals surface area (Å²) < 4.78 is 5.65. The van der Waals surface area contributed by atoms with Crippen LogP contribution in [0.15, 0.2) is 0 Å². The van der Waals surface area contributed by atoms with E-state index in [0.29, 0.717) is 0 Å². The number of halogens is 1. The molecule has 0 aliphatic rings. The van der Waals surface area contributed by atoms with Gasteiger partial charge in [0.25, 0.3) is 0 Å². The van der Waals surface area contributed by atoms with Crippen molar-refractivity contribution in [2.75, 3.05) is 42.3 Å². The third kappa shape index (κ3) is 1.60. The molecular weight excluding hydrogens is 195 g/mol. The standard InChI is InChI=1S/C6H20ClN4P/c1-9(2)12(7,8,10(3)4)11(5)6/h8H2,1-6H3. The van der Waals surface area contributed by atoms with E-state index in [9.17, 15) is 0 Å². The van der Waals surface area contributed by atoms with Gasteiger partial charge < -0.3 is 0 Å². The molecular formula is C6H20ClN4P. The van der Waals surface area contributed by atoms with Crippen LogP contribution < -0.4 is 5.50 Å². The monoisotopic (exact) mass is 214 g/mol. The van der Waals surface area contributed by atoms with Crippen LogP contribution >= 0.6 is 17.8 Å². The van der Waals surface area contributed by atoms with Gasteiger partial charge in [-0.2, -0.15) is 0 Å². The molecule has 0 aromatic heterocycles. The van der Waals surface area contributed by atoms with Crippen LogP contribution in [0.3, 0.4) is 0 Å². The van der Waals surface area contributed by atoms with E-state index in [1.807, 2.05) is 56.3 Å². The molecule has 4 nitrogen and oxygen atoms in total. The number of rotatable bonds is 3. The van der Waals surface area contributed by atoms with Crippen LogP contribution in [0, 0.1) is 0 Å². The van der Waals surface area contributed by atoms with E-state index in [1.165, 1.54) is 0 Å². The topological polar surface area (TPSA) is 35.7 Å². The van der Waals surface area contributed by atoms with Crippen LogP contribution in [-0.4, -0.2) is 56.3 Å². The zero-order valence-corrected chi connectivity index (χ0v) is 10.4. The Kier molecular flexibility index (Phi) is 3.53. The average Bonchev–Trinajstić information content (AvgIpc) is 1.86. The SMILES string of the molecule is CN(C)P(N)(Cl)(N(C)C)N(C)C. The Labute approximate surface area is 80.2 Å². The van der Waals surface area contributed by atoms with Crippen molar-refractivity contribution in [2.45, 2.75) is 0 Å². The fraction of sp³-hybridized carbons (Fsp3) is 1.00. The molecule has 0 aliphatic heterocycles. The summed E-state index contributed by atoms with van der Waals surface area (Å²) in [6.45, 7) is -2.98. The van der Waals surface area contributed by atoms with Crippen molar-refractivity contribution in [2.24, 2.45) is 5.50 Å². The molecule has 0 amide bonds. The third-order valence-corrected chi connectivity index (χ3v) is 9.38. The van der Waals surface area contributed by atoms with E-state index in [-0.39, 0.29) is 0 Å². The van der Waals surface area contributed by atoms with Crippen LogP contribution in [0.5, 0.6) is 0 Å². The van der Waals surface area contributed by atoms with E-state index in [0.717, 1.165) is 0 Å². The van der Waals surface area contributed by atoms with Gasteiger partial charge in [0.2, 0.25) is 0 Å². The summed E-state index contributed by atoms with van der Waals surface area (Å²) in [7, 11) is 11.4. The van der Waals surface area contributed by atoms with Gasteiger partial charge >= 0.3 is 79.6 Å². The zero-order valence-electron chi connectivity index (χ0n) is 8.74.